The molecule has 1 atom stereocenters. The van der Waals surface area contributed by atoms with Crippen LogP contribution in [0.2, 0.25) is 0 Å². The van der Waals surface area contributed by atoms with Crippen molar-refractivity contribution in [2.75, 3.05) is 13.1 Å². The van der Waals surface area contributed by atoms with E-state index in [0.717, 1.165) is 75.8 Å². The topological polar surface area (TPSA) is 64.4 Å². The summed E-state index contributed by atoms with van der Waals surface area (Å²) in [6.07, 6.45) is 10.5. The van der Waals surface area contributed by atoms with E-state index in [-0.39, 0.29) is 23.7 Å². The molecule has 224 valence electrons. The van der Waals surface area contributed by atoms with Crippen LogP contribution >= 0.6 is 0 Å². The maximum absolute atomic E-state index is 12.6. The molecule has 1 unspecified atom stereocenters. The van der Waals surface area contributed by atoms with Gasteiger partial charge in [-0.3, -0.25) is 19.2 Å². The van der Waals surface area contributed by atoms with E-state index < -0.39 is 0 Å². The second-order valence-electron chi connectivity index (χ2n) is 12.9. The molecule has 0 spiro atoms. The van der Waals surface area contributed by atoms with Crippen LogP contribution in [0.5, 0.6) is 0 Å². The Kier molecular flexibility index (Phi) is 10.3. The number of benzene rings is 2. The lowest BCUT2D eigenvalue weighted by Crippen LogP contribution is -2.34. The van der Waals surface area contributed by atoms with Gasteiger partial charge in [-0.05, 0) is 87.1 Å². The molecule has 0 bridgehead atoms. The number of carbonyl (C=O) groups excluding carboxylic acids is 2. The second kappa shape index (κ2) is 14.3. The Bertz CT molecular complexity index is 1280. The molecular weight excluding hydrogens is 522 g/mol. The zero-order valence-corrected chi connectivity index (χ0v) is 25.6. The minimum atomic E-state index is -0.334. The highest BCUT2D eigenvalue weighted by Crippen LogP contribution is 2.37. The van der Waals surface area contributed by atoms with Crippen LogP contribution in [0.25, 0.3) is 0 Å². The molecular formula is C36H47N3O3. The van der Waals surface area contributed by atoms with Gasteiger partial charge in [0.15, 0.2) is 0 Å². The quantitative estimate of drug-likeness (QED) is 0.230. The molecule has 6 nitrogen and oxygen atoms in total. The van der Waals surface area contributed by atoms with Gasteiger partial charge in [0.25, 0.3) is 0 Å². The standard InChI is InChI=1S/C36H47N3O3/c1-26(2)35(40)33-15-13-32(14-16-33)31-11-9-28(10-12-31)22-38-19-17-29(18-20-38)23-39-24-34(21-37-39)27(3)36(41)42-25-30-7-5-4-6-8-30/h4-12,21,24,26-27,29,32-33H,13-20,22-23,25H2,1-3H3. The SMILES string of the molecule is CC(C)C(=O)C1CCC(c2ccc(CN3CCC(Cn4cc(C(C)C(=O)OCc5ccccc5)cn4)CC3)cc2)CC1. The van der Waals surface area contributed by atoms with Crippen molar-refractivity contribution in [2.24, 2.45) is 17.8 Å². The highest BCUT2D eigenvalue weighted by molar-refractivity contribution is 5.82. The van der Waals surface area contributed by atoms with Crippen LogP contribution < -0.4 is 0 Å². The minimum Gasteiger partial charge on any atom is -0.460 e. The molecule has 3 aromatic rings. The number of carbonyl (C=O) groups is 2. The number of ketones is 1. The fourth-order valence-electron chi connectivity index (χ4n) is 6.62. The van der Waals surface area contributed by atoms with E-state index in [2.05, 4.69) is 34.3 Å². The van der Waals surface area contributed by atoms with Gasteiger partial charge in [-0.2, -0.15) is 5.10 Å². The van der Waals surface area contributed by atoms with Gasteiger partial charge < -0.3 is 4.74 Å². The number of hydrogen-bond donors (Lipinski definition) is 0. The molecule has 1 aliphatic carbocycles. The van der Waals surface area contributed by atoms with Gasteiger partial charge in [0, 0.05) is 36.7 Å². The van der Waals surface area contributed by atoms with Crippen LogP contribution in [-0.4, -0.2) is 39.5 Å². The zero-order chi connectivity index (χ0) is 29.5. The molecule has 1 saturated carbocycles. The van der Waals surface area contributed by atoms with E-state index >= 15 is 0 Å². The number of likely N-dealkylation sites (tertiary alicyclic amines) is 1. The number of nitrogens with zero attached hydrogens (tertiary/aromatic N) is 3. The van der Waals surface area contributed by atoms with Gasteiger partial charge in [-0.1, -0.05) is 68.4 Å². The predicted molar refractivity (Wildman–Crippen MR) is 166 cm³/mol. The highest BCUT2D eigenvalue weighted by atomic mass is 16.5. The van der Waals surface area contributed by atoms with Crippen molar-refractivity contribution in [2.45, 2.75) is 90.8 Å². The Morgan fingerprint density at radius 1 is 0.881 bits per heavy atom. The summed E-state index contributed by atoms with van der Waals surface area (Å²) in [5.74, 6) is 1.52. The molecule has 42 heavy (non-hydrogen) atoms. The van der Waals surface area contributed by atoms with Gasteiger partial charge in [-0.15, -0.1) is 0 Å². The predicted octanol–water partition coefficient (Wildman–Crippen LogP) is 7.14. The largest absolute Gasteiger partial charge is 0.460 e. The van der Waals surface area contributed by atoms with Crippen LogP contribution in [0, 0.1) is 17.8 Å². The summed E-state index contributed by atoms with van der Waals surface area (Å²) in [5.41, 5.74) is 4.72. The molecule has 2 heterocycles. The number of esters is 1. The number of Topliss-reactive ketones (excluding diaryl/α,β-unsaturated/α-hetero) is 1. The molecule has 0 radical (unpaired) electrons. The highest BCUT2D eigenvalue weighted by Gasteiger charge is 2.28. The molecule has 6 heteroatoms. The average molecular weight is 570 g/mol. The molecule has 0 amide bonds. The van der Waals surface area contributed by atoms with Gasteiger partial charge in [0.2, 0.25) is 0 Å². The first-order chi connectivity index (χ1) is 20.4. The monoisotopic (exact) mass is 569 g/mol. The van der Waals surface area contributed by atoms with Crippen molar-refractivity contribution in [1.29, 1.82) is 0 Å². The Hall–Kier alpha value is -3.25. The third-order valence-electron chi connectivity index (χ3n) is 9.44. The summed E-state index contributed by atoms with van der Waals surface area (Å²) in [5, 5.41) is 4.56. The van der Waals surface area contributed by atoms with Crippen molar-refractivity contribution < 1.29 is 14.3 Å². The molecule has 5 rings (SSSR count). The summed E-state index contributed by atoms with van der Waals surface area (Å²) in [4.78, 5) is 27.5. The third kappa shape index (κ3) is 7.97. The van der Waals surface area contributed by atoms with Gasteiger partial charge in [0.05, 0.1) is 12.1 Å². The lowest BCUT2D eigenvalue weighted by atomic mass is 9.75. The summed E-state index contributed by atoms with van der Waals surface area (Å²) in [6, 6.07) is 19.0. The smallest absolute Gasteiger partial charge is 0.313 e. The van der Waals surface area contributed by atoms with Crippen molar-refractivity contribution in [3.63, 3.8) is 0 Å². The number of aromatic nitrogens is 2. The fourth-order valence-corrected chi connectivity index (χ4v) is 6.62. The summed E-state index contributed by atoms with van der Waals surface area (Å²) < 4.78 is 7.53. The first-order valence-electron chi connectivity index (χ1n) is 15.9. The van der Waals surface area contributed by atoms with Gasteiger partial charge >= 0.3 is 5.97 Å². The average Bonchev–Trinajstić information content (AvgIpc) is 3.49. The Balaban J connectivity index is 1.03. The maximum atomic E-state index is 12.6. The first-order valence-corrected chi connectivity index (χ1v) is 15.9. The lowest BCUT2D eigenvalue weighted by Gasteiger charge is -2.32. The third-order valence-corrected chi connectivity index (χ3v) is 9.44. The second-order valence-corrected chi connectivity index (χ2v) is 12.9. The van der Waals surface area contributed by atoms with Crippen LogP contribution in [-0.2, 0) is 34.0 Å². The summed E-state index contributed by atoms with van der Waals surface area (Å²) in [7, 11) is 0. The molecule has 2 aromatic carbocycles. The van der Waals surface area contributed by atoms with E-state index in [0.29, 0.717) is 24.2 Å². The number of piperidine rings is 1. The maximum Gasteiger partial charge on any atom is 0.313 e. The van der Waals surface area contributed by atoms with E-state index in [1.54, 1.807) is 0 Å². The lowest BCUT2D eigenvalue weighted by molar-refractivity contribution is -0.146. The summed E-state index contributed by atoms with van der Waals surface area (Å²) >= 11 is 0. The molecule has 1 aliphatic heterocycles. The number of ether oxygens (including phenoxy) is 1. The molecule has 1 saturated heterocycles. The summed E-state index contributed by atoms with van der Waals surface area (Å²) in [6.45, 7) is 10.3. The Labute approximate surface area is 251 Å². The van der Waals surface area contributed by atoms with Crippen LogP contribution in [0.1, 0.15) is 93.4 Å². The van der Waals surface area contributed by atoms with Crippen LogP contribution in [0.15, 0.2) is 67.0 Å². The minimum absolute atomic E-state index is 0.158. The first kappa shape index (κ1) is 30.2. The number of hydrogen-bond acceptors (Lipinski definition) is 5. The van der Waals surface area contributed by atoms with E-state index in [1.165, 1.54) is 11.1 Å². The van der Waals surface area contributed by atoms with Crippen molar-refractivity contribution in [1.82, 2.24) is 14.7 Å². The van der Waals surface area contributed by atoms with Gasteiger partial charge in [0.1, 0.15) is 12.4 Å². The molecule has 2 fully saturated rings. The molecule has 2 aliphatic rings. The Morgan fingerprint density at radius 3 is 2.24 bits per heavy atom. The van der Waals surface area contributed by atoms with Crippen molar-refractivity contribution in [3.8, 4) is 0 Å². The van der Waals surface area contributed by atoms with Crippen LogP contribution in [0.4, 0.5) is 0 Å². The fraction of sp³-hybridized carbons (Fsp3) is 0.528. The normalized spacial score (nSPS) is 20.9. The van der Waals surface area contributed by atoms with Gasteiger partial charge in [-0.25, -0.2) is 0 Å². The number of rotatable bonds is 11. The van der Waals surface area contributed by atoms with Crippen LogP contribution in [0.3, 0.4) is 0 Å². The molecule has 0 N–H and O–H groups in total. The van der Waals surface area contributed by atoms with Crippen molar-refractivity contribution in [3.05, 3.63) is 89.2 Å². The Morgan fingerprint density at radius 2 is 1.57 bits per heavy atom. The van der Waals surface area contributed by atoms with E-state index in [1.807, 2.05) is 68.2 Å². The van der Waals surface area contributed by atoms with Crippen molar-refractivity contribution >= 4 is 11.8 Å². The van der Waals surface area contributed by atoms with E-state index in [4.69, 9.17) is 4.74 Å². The zero-order valence-electron chi connectivity index (χ0n) is 25.6. The van der Waals surface area contributed by atoms with E-state index in [9.17, 15) is 9.59 Å². The molecule has 1 aromatic heterocycles.